The second-order valence-corrected chi connectivity index (χ2v) is 7.17. The Morgan fingerprint density at radius 1 is 1.37 bits per heavy atom. The zero-order valence-electron chi connectivity index (χ0n) is 10.3. The molecule has 2 aliphatic rings. The number of hydrogen-bond donors (Lipinski definition) is 0. The van der Waals surface area contributed by atoms with E-state index in [9.17, 15) is 0 Å². The first-order valence-electron chi connectivity index (χ1n) is 6.12. The lowest BCUT2D eigenvalue weighted by Crippen LogP contribution is -2.20. The van der Waals surface area contributed by atoms with Crippen molar-refractivity contribution in [3.05, 3.63) is 39.1 Å². The smallest absolute Gasteiger partial charge is 0.168 e. The number of thiophene rings is 1. The normalized spacial score (nSPS) is 18.4. The van der Waals surface area contributed by atoms with Crippen LogP contribution in [0.2, 0.25) is 5.02 Å². The van der Waals surface area contributed by atoms with Crippen LogP contribution in [0, 0.1) is 0 Å². The fraction of sp³-hybridized carbons (Fsp3) is 0.214. The van der Waals surface area contributed by atoms with Crippen molar-refractivity contribution < 1.29 is 0 Å². The minimum Gasteiger partial charge on any atom is -0.318 e. The number of allylic oxidation sites excluding steroid dienone is 1. The van der Waals surface area contributed by atoms with Gasteiger partial charge in [-0.05, 0) is 30.5 Å². The minimum absolute atomic E-state index is 0.805. The Balaban J connectivity index is 1.97. The molecule has 0 saturated heterocycles. The summed E-state index contributed by atoms with van der Waals surface area (Å²) >= 11 is 9.79. The van der Waals surface area contributed by atoms with Crippen LogP contribution < -0.4 is 0 Å². The highest BCUT2D eigenvalue weighted by Gasteiger charge is 2.31. The van der Waals surface area contributed by atoms with Crippen molar-refractivity contribution >= 4 is 55.7 Å². The van der Waals surface area contributed by atoms with Crippen LogP contribution in [0.1, 0.15) is 12.5 Å². The second kappa shape index (κ2) is 4.27. The Labute approximate surface area is 124 Å². The molecule has 0 fully saturated rings. The molecule has 0 spiro atoms. The number of benzene rings is 1. The van der Waals surface area contributed by atoms with Gasteiger partial charge in [-0.15, -0.1) is 11.3 Å². The van der Waals surface area contributed by atoms with Crippen molar-refractivity contribution in [2.45, 2.75) is 6.92 Å². The maximum atomic E-state index is 6.28. The van der Waals surface area contributed by atoms with E-state index < -0.39 is 0 Å². The molecule has 0 atom stereocenters. The number of aliphatic imine (C=N–C) groups is 1. The molecule has 3 heterocycles. The second-order valence-electron chi connectivity index (χ2n) is 4.61. The van der Waals surface area contributed by atoms with E-state index in [-0.39, 0.29) is 0 Å². The van der Waals surface area contributed by atoms with Crippen molar-refractivity contribution in [2.24, 2.45) is 4.99 Å². The van der Waals surface area contributed by atoms with Crippen molar-refractivity contribution in [3.63, 3.8) is 0 Å². The largest absolute Gasteiger partial charge is 0.318 e. The van der Waals surface area contributed by atoms with E-state index in [4.69, 9.17) is 11.6 Å². The third kappa shape index (κ3) is 1.74. The van der Waals surface area contributed by atoms with Crippen molar-refractivity contribution in [3.8, 4) is 0 Å². The van der Waals surface area contributed by atoms with Crippen LogP contribution in [-0.2, 0) is 0 Å². The average Bonchev–Trinajstić information content (AvgIpc) is 3.02. The van der Waals surface area contributed by atoms with Gasteiger partial charge in [-0.2, -0.15) is 0 Å². The van der Waals surface area contributed by atoms with Crippen LogP contribution >= 0.6 is 34.7 Å². The summed E-state index contributed by atoms with van der Waals surface area (Å²) in [7, 11) is 0. The van der Waals surface area contributed by atoms with Gasteiger partial charge >= 0.3 is 0 Å². The zero-order chi connectivity index (χ0) is 13.0. The molecule has 0 unspecified atom stereocenters. The lowest BCUT2D eigenvalue weighted by molar-refractivity contribution is 0.648. The summed E-state index contributed by atoms with van der Waals surface area (Å²) in [5.74, 6) is 0. The van der Waals surface area contributed by atoms with Gasteiger partial charge in [0.15, 0.2) is 5.17 Å². The number of hydrogen-bond acceptors (Lipinski definition) is 4. The third-order valence-corrected chi connectivity index (χ3v) is 5.55. The Morgan fingerprint density at radius 3 is 3.16 bits per heavy atom. The van der Waals surface area contributed by atoms with E-state index in [0.29, 0.717) is 0 Å². The molecule has 0 amide bonds. The summed E-state index contributed by atoms with van der Waals surface area (Å²) in [5.41, 5.74) is 2.52. The minimum atomic E-state index is 0.805. The van der Waals surface area contributed by atoms with Gasteiger partial charge < -0.3 is 4.90 Å². The van der Waals surface area contributed by atoms with E-state index in [2.05, 4.69) is 34.3 Å². The van der Waals surface area contributed by atoms with Crippen molar-refractivity contribution in [1.29, 1.82) is 0 Å². The number of thioether (sulfide) groups is 1. The molecule has 2 aromatic rings. The van der Waals surface area contributed by atoms with Gasteiger partial charge in [0.25, 0.3) is 0 Å². The molecule has 2 aliphatic heterocycles. The molecular weight excluding hydrogens is 296 g/mol. The lowest BCUT2D eigenvalue weighted by atomic mass is 10.1. The number of nitrogens with zero attached hydrogens (tertiary/aromatic N) is 2. The summed E-state index contributed by atoms with van der Waals surface area (Å²) in [4.78, 5) is 8.18. The Kier molecular flexibility index (Phi) is 2.65. The third-order valence-electron chi connectivity index (χ3n) is 3.44. The molecule has 0 N–H and O–H groups in total. The van der Waals surface area contributed by atoms with Crippen LogP contribution in [0.5, 0.6) is 0 Å². The Hall–Kier alpha value is -0.970. The van der Waals surface area contributed by atoms with Gasteiger partial charge in [0, 0.05) is 32.1 Å². The molecular formula is C14H11ClN2S2. The molecule has 0 radical (unpaired) electrons. The zero-order valence-corrected chi connectivity index (χ0v) is 12.7. The molecule has 1 aromatic heterocycles. The maximum absolute atomic E-state index is 6.28. The first kappa shape index (κ1) is 11.8. The van der Waals surface area contributed by atoms with E-state index >= 15 is 0 Å². The molecule has 5 heteroatoms. The highest BCUT2D eigenvalue weighted by molar-refractivity contribution is 8.17. The predicted octanol–water partition coefficient (Wildman–Crippen LogP) is 4.66. The summed E-state index contributed by atoms with van der Waals surface area (Å²) < 4.78 is 1.25. The lowest BCUT2D eigenvalue weighted by Gasteiger charge is -2.18. The van der Waals surface area contributed by atoms with Crippen molar-refractivity contribution in [1.82, 2.24) is 4.90 Å². The van der Waals surface area contributed by atoms with Crippen LogP contribution in [0.15, 0.2) is 33.5 Å². The molecule has 96 valence electrons. The van der Waals surface area contributed by atoms with Crippen LogP contribution in [0.25, 0.3) is 15.8 Å². The van der Waals surface area contributed by atoms with E-state index in [1.807, 2.05) is 6.07 Å². The molecule has 4 rings (SSSR count). The predicted molar refractivity (Wildman–Crippen MR) is 86.0 cm³/mol. The summed E-state index contributed by atoms with van der Waals surface area (Å²) in [6.45, 7) is 4.04. The highest BCUT2D eigenvalue weighted by atomic mass is 35.5. The van der Waals surface area contributed by atoms with Crippen molar-refractivity contribution in [2.75, 3.05) is 13.1 Å². The first-order chi connectivity index (χ1) is 9.24. The molecule has 0 bridgehead atoms. The van der Waals surface area contributed by atoms with Gasteiger partial charge in [0.1, 0.15) is 0 Å². The molecule has 19 heavy (non-hydrogen) atoms. The fourth-order valence-electron chi connectivity index (χ4n) is 2.67. The molecule has 0 saturated carbocycles. The SMILES string of the molecule is CC1=C(c2cc(Cl)cc3sccc23)N2CCN=C2S1. The van der Waals surface area contributed by atoms with Gasteiger partial charge in [-0.3, -0.25) is 4.99 Å². The molecule has 2 nitrogen and oxygen atoms in total. The van der Waals surface area contributed by atoms with Crippen LogP contribution in [-0.4, -0.2) is 23.2 Å². The van der Waals surface area contributed by atoms with E-state index in [0.717, 1.165) is 23.3 Å². The fourth-order valence-corrected chi connectivity index (χ4v) is 4.84. The van der Waals surface area contributed by atoms with Crippen LogP contribution in [0.4, 0.5) is 0 Å². The Bertz CT molecular complexity index is 745. The first-order valence-corrected chi connectivity index (χ1v) is 8.19. The number of halogens is 1. The van der Waals surface area contributed by atoms with E-state index in [1.54, 1.807) is 23.1 Å². The van der Waals surface area contributed by atoms with Gasteiger partial charge in [0.05, 0.1) is 12.2 Å². The quantitative estimate of drug-likeness (QED) is 0.761. The maximum Gasteiger partial charge on any atom is 0.168 e. The highest BCUT2D eigenvalue weighted by Crippen LogP contribution is 2.44. The summed E-state index contributed by atoms with van der Waals surface area (Å²) in [5, 5.41) is 5.36. The number of fused-ring (bicyclic) bond motifs is 2. The monoisotopic (exact) mass is 306 g/mol. The molecule has 0 aliphatic carbocycles. The van der Waals surface area contributed by atoms with Gasteiger partial charge in [-0.25, -0.2) is 0 Å². The standard InChI is InChI=1S/C14H11ClN2S2/c1-8-13(17-4-3-16-14(17)19-8)11-6-9(15)7-12-10(11)2-5-18-12/h2,5-7H,3-4H2,1H3. The summed E-state index contributed by atoms with van der Waals surface area (Å²) in [6.07, 6.45) is 0. The average molecular weight is 307 g/mol. The van der Waals surface area contributed by atoms with Crippen LogP contribution in [0.3, 0.4) is 0 Å². The van der Waals surface area contributed by atoms with E-state index in [1.165, 1.54) is 26.3 Å². The number of rotatable bonds is 1. The summed E-state index contributed by atoms with van der Waals surface area (Å²) in [6, 6.07) is 6.31. The Morgan fingerprint density at radius 2 is 2.26 bits per heavy atom. The number of amidine groups is 1. The van der Waals surface area contributed by atoms with Gasteiger partial charge in [0.2, 0.25) is 0 Å². The molecule has 1 aromatic carbocycles. The van der Waals surface area contributed by atoms with Gasteiger partial charge in [-0.1, -0.05) is 23.4 Å². The topological polar surface area (TPSA) is 15.6 Å².